The maximum Gasteiger partial charge on any atom is 0.0876 e. The van der Waals surface area contributed by atoms with Crippen molar-refractivity contribution in [2.75, 3.05) is 13.1 Å². The van der Waals surface area contributed by atoms with Gasteiger partial charge in [-0.25, -0.2) is 0 Å². The Bertz CT molecular complexity index is 249. The van der Waals surface area contributed by atoms with Gasteiger partial charge in [-0.05, 0) is 25.7 Å². The van der Waals surface area contributed by atoms with E-state index < -0.39 is 0 Å². The molecule has 1 rings (SSSR count). The third kappa shape index (κ3) is 12.5. The van der Waals surface area contributed by atoms with Crippen LogP contribution in [0.3, 0.4) is 0 Å². The van der Waals surface area contributed by atoms with Crippen molar-refractivity contribution in [3.8, 4) is 0 Å². The van der Waals surface area contributed by atoms with Crippen LogP contribution in [0.15, 0.2) is 0 Å². The number of nitrogens with one attached hydrogen (secondary N) is 1. The van der Waals surface area contributed by atoms with E-state index in [1.165, 1.54) is 109 Å². The highest BCUT2D eigenvalue weighted by Crippen LogP contribution is 2.11. The third-order valence-corrected chi connectivity index (χ3v) is 5.39. The molecule has 2 heteroatoms. The average Bonchev–Trinajstić information content (AvgIpc) is 3.04. The molecule has 1 aliphatic rings. The van der Waals surface area contributed by atoms with Crippen LogP contribution < -0.4 is 4.90 Å². The second kappa shape index (κ2) is 17.8. The minimum atomic E-state index is 1.02. The molecule has 1 N–H and O–H groups in total. The van der Waals surface area contributed by atoms with Crippen molar-refractivity contribution in [2.24, 2.45) is 0 Å². The van der Waals surface area contributed by atoms with Crippen LogP contribution in [0, 0.1) is 11.8 Å². The van der Waals surface area contributed by atoms with Crippen LogP contribution in [0.5, 0.6) is 0 Å². The largest absolute Gasteiger partial charge is 0.512 e. The second-order valence-electron chi connectivity index (χ2n) is 7.32. The Balaban J connectivity index is 0.00000232. The maximum atomic E-state index is 6.25. The van der Waals surface area contributed by atoms with E-state index in [2.05, 4.69) is 13.8 Å². The topological polar surface area (TPSA) is 28.2 Å². The van der Waals surface area contributed by atoms with Gasteiger partial charge in [0.05, 0.1) is 19.1 Å². The summed E-state index contributed by atoms with van der Waals surface area (Å²) in [6.07, 6.45) is 22.0. The Morgan fingerprint density at radius 2 is 1.30 bits per heavy atom. The summed E-state index contributed by atoms with van der Waals surface area (Å²) in [4.78, 5) is 1.95. The summed E-state index contributed by atoms with van der Waals surface area (Å²) in [5.41, 5.74) is 0. The van der Waals surface area contributed by atoms with Gasteiger partial charge in [0, 0.05) is 12.8 Å². The lowest BCUT2D eigenvalue weighted by atomic mass is 10.1. The minimum Gasteiger partial charge on any atom is -0.512 e. The molecule has 0 spiro atoms. The van der Waals surface area contributed by atoms with Gasteiger partial charge in [-0.1, -0.05) is 71.6 Å². The quantitative estimate of drug-likeness (QED) is 0.344. The number of quaternary nitrogens is 1. The van der Waals surface area contributed by atoms with Crippen molar-refractivity contribution in [3.05, 3.63) is 6.57 Å². The van der Waals surface area contributed by atoms with Gasteiger partial charge in [-0.15, -0.1) is 0 Å². The molecule has 1 aliphatic heterocycles. The van der Waals surface area contributed by atoms with E-state index in [0.29, 0.717) is 0 Å². The van der Waals surface area contributed by atoms with Gasteiger partial charge in [-0.2, -0.15) is 0 Å². The van der Waals surface area contributed by atoms with Crippen molar-refractivity contribution in [1.29, 1.82) is 5.26 Å². The van der Waals surface area contributed by atoms with Gasteiger partial charge in [0.1, 0.15) is 0 Å². The molecule has 0 aromatic carbocycles. The van der Waals surface area contributed by atoms with Crippen molar-refractivity contribution in [1.82, 2.24) is 0 Å². The molecule has 2 atom stereocenters. The number of hydrogen-bond acceptors (Lipinski definition) is 1. The molecule has 1 heterocycles. The summed E-state index contributed by atoms with van der Waals surface area (Å²) in [6, 6.07) is 1.02. The first kappa shape index (κ1) is 22.4. The molecule has 0 radical (unpaired) electrons. The summed E-state index contributed by atoms with van der Waals surface area (Å²) in [6.45, 7) is 12.3. The SMILES string of the molecule is CCCCCCCCCCCC[NH+]1CCCC1CCCC.[C-]#N. The fraction of sp³-hybridized carbons (Fsp3) is 0.952. The highest BCUT2D eigenvalue weighted by molar-refractivity contribution is 4.62. The van der Waals surface area contributed by atoms with Crippen LogP contribution in [0.1, 0.15) is 110 Å². The molecule has 136 valence electrons. The van der Waals surface area contributed by atoms with Crippen molar-refractivity contribution >= 4 is 0 Å². The molecule has 0 bridgehead atoms. The predicted molar refractivity (Wildman–Crippen MR) is 100 cm³/mol. The van der Waals surface area contributed by atoms with Gasteiger partial charge >= 0.3 is 0 Å². The number of rotatable bonds is 14. The summed E-state index contributed by atoms with van der Waals surface area (Å²) < 4.78 is 0. The third-order valence-electron chi connectivity index (χ3n) is 5.39. The number of unbranched alkanes of at least 4 members (excludes halogenated alkanes) is 10. The molecular formula is C21H42N2. The van der Waals surface area contributed by atoms with Crippen molar-refractivity contribution < 1.29 is 4.90 Å². The molecule has 0 saturated carbocycles. The first-order valence-electron chi connectivity index (χ1n) is 10.5. The zero-order valence-corrected chi connectivity index (χ0v) is 16.0. The number of hydrogen-bond donors (Lipinski definition) is 1. The van der Waals surface area contributed by atoms with Gasteiger partial charge in [0.15, 0.2) is 0 Å². The number of nitrogens with zero attached hydrogens (tertiary/aromatic N) is 1. The lowest BCUT2D eigenvalue weighted by Gasteiger charge is -2.21. The van der Waals surface area contributed by atoms with Gasteiger partial charge in [0.2, 0.25) is 0 Å². The Labute approximate surface area is 146 Å². The smallest absolute Gasteiger partial charge is 0.0876 e. The monoisotopic (exact) mass is 322 g/mol. The summed E-state index contributed by atoms with van der Waals surface area (Å²) in [5, 5.41) is 6.25. The maximum absolute atomic E-state index is 6.25. The minimum absolute atomic E-state index is 1.02. The highest BCUT2D eigenvalue weighted by atomic mass is 15.2. The number of likely N-dealkylation sites (tertiary alicyclic amines) is 1. The molecule has 2 unspecified atom stereocenters. The zero-order valence-electron chi connectivity index (χ0n) is 16.0. The second-order valence-corrected chi connectivity index (χ2v) is 7.32. The van der Waals surface area contributed by atoms with Crippen LogP contribution in [0.2, 0.25) is 0 Å². The Morgan fingerprint density at radius 3 is 1.87 bits per heavy atom. The van der Waals surface area contributed by atoms with Crippen LogP contribution in [0.25, 0.3) is 0 Å². The molecule has 23 heavy (non-hydrogen) atoms. The molecule has 1 saturated heterocycles. The lowest BCUT2D eigenvalue weighted by molar-refractivity contribution is -0.912. The molecule has 0 amide bonds. The van der Waals surface area contributed by atoms with E-state index in [1.54, 1.807) is 0 Å². The van der Waals surface area contributed by atoms with Crippen LogP contribution in [0.4, 0.5) is 0 Å². The standard InChI is InChI=1S/C20H41N.CN/c1-3-5-7-8-9-10-11-12-13-14-18-21-19-15-17-20(21)16-6-4-2;1-2/h20H,3-19H2,1-2H3;/q;-1/p+1. The van der Waals surface area contributed by atoms with E-state index in [0.717, 1.165) is 6.04 Å². The fourth-order valence-corrected chi connectivity index (χ4v) is 3.95. The van der Waals surface area contributed by atoms with Gasteiger partial charge in [-0.3, -0.25) is 0 Å². The van der Waals surface area contributed by atoms with Gasteiger partial charge in [0.25, 0.3) is 0 Å². The fourth-order valence-electron chi connectivity index (χ4n) is 3.95. The molecule has 0 aromatic heterocycles. The van der Waals surface area contributed by atoms with E-state index in [-0.39, 0.29) is 0 Å². The summed E-state index contributed by atoms with van der Waals surface area (Å²) >= 11 is 0. The van der Waals surface area contributed by atoms with Crippen molar-refractivity contribution in [2.45, 2.75) is 116 Å². The Morgan fingerprint density at radius 1 is 0.783 bits per heavy atom. The summed E-state index contributed by atoms with van der Waals surface area (Å²) in [7, 11) is 0. The highest BCUT2D eigenvalue weighted by Gasteiger charge is 2.26. The predicted octanol–water partition coefficient (Wildman–Crippen LogP) is 5.24. The first-order chi connectivity index (χ1) is 11.4. The molecule has 0 aromatic rings. The van der Waals surface area contributed by atoms with E-state index in [4.69, 9.17) is 11.8 Å². The Hall–Kier alpha value is -0.550. The average molecular weight is 323 g/mol. The van der Waals surface area contributed by atoms with E-state index in [9.17, 15) is 0 Å². The van der Waals surface area contributed by atoms with E-state index in [1.807, 2.05) is 4.90 Å². The first-order valence-corrected chi connectivity index (χ1v) is 10.5. The van der Waals surface area contributed by atoms with Gasteiger partial charge < -0.3 is 16.7 Å². The van der Waals surface area contributed by atoms with Crippen LogP contribution in [-0.4, -0.2) is 19.1 Å². The van der Waals surface area contributed by atoms with E-state index >= 15 is 0 Å². The normalized spacial score (nSPS) is 20.2. The zero-order chi connectivity index (χ0) is 17.2. The molecule has 0 aliphatic carbocycles. The summed E-state index contributed by atoms with van der Waals surface area (Å²) in [5.74, 6) is 0. The molecular weight excluding hydrogens is 280 g/mol. The molecule has 1 fully saturated rings. The molecule has 2 nitrogen and oxygen atoms in total. The van der Waals surface area contributed by atoms with Crippen LogP contribution in [-0.2, 0) is 0 Å². The van der Waals surface area contributed by atoms with Crippen LogP contribution >= 0.6 is 0 Å². The lowest BCUT2D eigenvalue weighted by Crippen LogP contribution is -3.13. The van der Waals surface area contributed by atoms with Crippen molar-refractivity contribution in [3.63, 3.8) is 0 Å². The Kier molecular flexibility index (Phi) is 17.4.